The quantitative estimate of drug-likeness (QED) is 0.807. The van der Waals surface area contributed by atoms with E-state index in [1.165, 1.54) is 0 Å². The molecule has 3 N–H and O–H groups in total. The number of hydrogen-bond donors (Lipinski definition) is 2. The van der Waals surface area contributed by atoms with Crippen molar-refractivity contribution >= 4 is 11.9 Å². The van der Waals surface area contributed by atoms with Crippen molar-refractivity contribution in [2.45, 2.75) is 33.3 Å². The standard InChI is InChI=1S/C19H27N5O4/c1-18(2,3)28-17(25)24-9-19(4,10-24)11-27-13-6-7-21-16(26-5)15(13)12-8-14(20)23-22-12/h6-8H,9-11H2,1-5H3,(H3,20,22,23). The van der Waals surface area contributed by atoms with Crippen LogP contribution in [0.15, 0.2) is 18.3 Å². The van der Waals surface area contributed by atoms with Gasteiger partial charge in [0.25, 0.3) is 0 Å². The Morgan fingerprint density at radius 2 is 2.11 bits per heavy atom. The second-order valence-electron chi connectivity index (χ2n) is 8.34. The van der Waals surface area contributed by atoms with Gasteiger partial charge in [-0.1, -0.05) is 6.92 Å². The fourth-order valence-electron chi connectivity index (χ4n) is 3.09. The van der Waals surface area contributed by atoms with Crippen LogP contribution in [0.4, 0.5) is 10.6 Å². The number of pyridine rings is 1. The number of carbonyl (C=O) groups is 1. The number of aromatic amines is 1. The Balaban J connectivity index is 1.68. The van der Waals surface area contributed by atoms with E-state index in [1.807, 2.05) is 20.8 Å². The molecule has 0 aliphatic carbocycles. The van der Waals surface area contributed by atoms with E-state index >= 15 is 0 Å². The molecular formula is C19H27N5O4. The Bertz CT molecular complexity index is 852. The summed E-state index contributed by atoms with van der Waals surface area (Å²) in [4.78, 5) is 18.1. The Morgan fingerprint density at radius 3 is 2.68 bits per heavy atom. The molecule has 152 valence electrons. The van der Waals surface area contributed by atoms with Crippen molar-refractivity contribution in [3.05, 3.63) is 18.3 Å². The molecule has 0 bridgehead atoms. The van der Waals surface area contributed by atoms with Crippen molar-refractivity contribution in [2.75, 3.05) is 32.5 Å². The molecule has 0 spiro atoms. The molecule has 1 aliphatic heterocycles. The van der Waals surface area contributed by atoms with Crippen LogP contribution in [-0.4, -0.2) is 58.6 Å². The number of nitrogens with zero attached hydrogens (tertiary/aromatic N) is 3. The minimum atomic E-state index is -0.506. The van der Waals surface area contributed by atoms with Gasteiger partial charge in [0.15, 0.2) is 0 Å². The van der Waals surface area contributed by atoms with E-state index in [4.69, 9.17) is 19.9 Å². The number of aromatic nitrogens is 3. The topological polar surface area (TPSA) is 116 Å². The number of nitrogens with two attached hydrogens (primary N) is 1. The third kappa shape index (κ3) is 4.29. The van der Waals surface area contributed by atoms with Gasteiger partial charge in [-0.3, -0.25) is 5.10 Å². The van der Waals surface area contributed by atoms with Crippen molar-refractivity contribution in [1.29, 1.82) is 0 Å². The lowest BCUT2D eigenvalue weighted by atomic mass is 9.83. The molecule has 28 heavy (non-hydrogen) atoms. The Hall–Kier alpha value is -2.97. The van der Waals surface area contributed by atoms with Crippen LogP contribution in [0.2, 0.25) is 0 Å². The van der Waals surface area contributed by atoms with Crippen LogP contribution in [0.3, 0.4) is 0 Å². The average molecular weight is 389 g/mol. The molecule has 0 atom stereocenters. The van der Waals surface area contributed by atoms with Crippen molar-refractivity contribution in [2.24, 2.45) is 5.41 Å². The van der Waals surface area contributed by atoms with E-state index in [0.717, 1.165) is 0 Å². The highest BCUT2D eigenvalue weighted by atomic mass is 16.6. The highest BCUT2D eigenvalue weighted by Crippen LogP contribution is 2.38. The Morgan fingerprint density at radius 1 is 1.39 bits per heavy atom. The largest absolute Gasteiger partial charge is 0.492 e. The average Bonchev–Trinajstić information content (AvgIpc) is 3.01. The molecule has 1 fully saturated rings. The molecule has 3 rings (SSSR count). The highest BCUT2D eigenvalue weighted by molar-refractivity contribution is 5.73. The van der Waals surface area contributed by atoms with Crippen molar-refractivity contribution in [3.8, 4) is 22.9 Å². The summed E-state index contributed by atoms with van der Waals surface area (Å²) < 4.78 is 16.9. The molecular weight excluding hydrogens is 362 g/mol. The number of rotatable bonds is 5. The van der Waals surface area contributed by atoms with Crippen LogP contribution < -0.4 is 15.2 Å². The van der Waals surface area contributed by atoms with Gasteiger partial charge in [-0.15, -0.1) is 0 Å². The van der Waals surface area contributed by atoms with E-state index < -0.39 is 5.60 Å². The maximum absolute atomic E-state index is 12.1. The number of nitrogens with one attached hydrogen (secondary N) is 1. The maximum atomic E-state index is 12.1. The summed E-state index contributed by atoms with van der Waals surface area (Å²) in [6.45, 7) is 9.19. The second kappa shape index (κ2) is 7.21. The Labute approximate surface area is 164 Å². The van der Waals surface area contributed by atoms with Gasteiger partial charge in [0.05, 0.1) is 19.4 Å². The predicted molar refractivity (Wildman–Crippen MR) is 104 cm³/mol. The third-order valence-corrected chi connectivity index (χ3v) is 4.31. The van der Waals surface area contributed by atoms with Gasteiger partial charge in [0.2, 0.25) is 5.88 Å². The van der Waals surface area contributed by atoms with E-state index in [9.17, 15) is 4.79 Å². The van der Waals surface area contributed by atoms with Gasteiger partial charge in [-0.25, -0.2) is 9.78 Å². The number of amides is 1. The minimum Gasteiger partial charge on any atom is -0.492 e. The molecule has 2 aromatic rings. The number of H-pyrrole nitrogens is 1. The van der Waals surface area contributed by atoms with Gasteiger partial charge < -0.3 is 24.8 Å². The summed E-state index contributed by atoms with van der Waals surface area (Å²) in [6.07, 6.45) is 1.32. The van der Waals surface area contributed by atoms with E-state index in [2.05, 4.69) is 22.1 Å². The fraction of sp³-hybridized carbons (Fsp3) is 0.526. The number of ether oxygens (including phenoxy) is 3. The molecule has 3 heterocycles. The summed E-state index contributed by atoms with van der Waals surface area (Å²) in [7, 11) is 1.54. The molecule has 1 aliphatic rings. The number of methoxy groups -OCH3 is 1. The van der Waals surface area contributed by atoms with Crippen molar-refractivity contribution < 1.29 is 19.0 Å². The molecule has 1 saturated heterocycles. The predicted octanol–water partition coefficient (Wildman–Crippen LogP) is 2.70. The lowest BCUT2D eigenvalue weighted by Crippen LogP contribution is -2.60. The van der Waals surface area contributed by atoms with Crippen LogP contribution in [-0.2, 0) is 4.74 Å². The summed E-state index contributed by atoms with van der Waals surface area (Å²) in [5.41, 5.74) is 6.36. The third-order valence-electron chi connectivity index (χ3n) is 4.31. The zero-order chi connectivity index (χ0) is 20.5. The molecule has 0 unspecified atom stereocenters. The molecule has 0 aromatic carbocycles. The normalized spacial score (nSPS) is 15.7. The molecule has 9 heteroatoms. The number of carbonyl (C=O) groups excluding carboxylic acids is 1. The SMILES string of the molecule is COc1nccc(OCC2(C)CN(C(=O)OC(C)(C)C)C2)c1-c1cc(N)n[nH]1. The lowest BCUT2D eigenvalue weighted by molar-refractivity contribution is -0.0428. The monoisotopic (exact) mass is 389 g/mol. The summed E-state index contributed by atoms with van der Waals surface area (Å²) in [5, 5.41) is 6.82. The van der Waals surface area contributed by atoms with Gasteiger partial charge in [0.1, 0.15) is 22.7 Å². The van der Waals surface area contributed by atoms with E-state index in [-0.39, 0.29) is 11.5 Å². The number of hydrogen-bond acceptors (Lipinski definition) is 7. The summed E-state index contributed by atoms with van der Waals surface area (Å²) in [6, 6.07) is 3.46. The van der Waals surface area contributed by atoms with Gasteiger partial charge in [-0.2, -0.15) is 5.10 Å². The van der Waals surface area contributed by atoms with Crippen molar-refractivity contribution in [1.82, 2.24) is 20.1 Å². The zero-order valence-corrected chi connectivity index (χ0v) is 16.9. The minimum absolute atomic E-state index is 0.169. The van der Waals surface area contributed by atoms with Gasteiger partial charge >= 0.3 is 6.09 Å². The van der Waals surface area contributed by atoms with E-state index in [0.29, 0.717) is 48.4 Å². The van der Waals surface area contributed by atoms with Crippen LogP contribution in [0.1, 0.15) is 27.7 Å². The molecule has 9 nitrogen and oxygen atoms in total. The first-order chi connectivity index (χ1) is 13.1. The molecule has 2 aromatic heterocycles. The summed E-state index contributed by atoms with van der Waals surface area (Å²) >= 11 is 0. The lowest BCUT2D eigenvalue weighted by Gasteiger charge is -2.47. The Kier molecular flexibility index (Phi) is 5.10. The first-order valence-electron chi connectivity index (χ1n) is 9.05. The first-order valence-corrected chi connectivity index (χ1v) is 9.05. The van der Waals surface area contributed by atoms with Crippen molar-refractivity contribution in [3.63, 3.8) is 0 Å². The van der Waals surface area contributed by atoms with Crippen LogP contribution >= 0.6 is 0 Å². The maximum Gasteiger partial charge on any atom is 0.410 e. The van der Waals surface area contributed by atoms with E-state index in [1.54, 1.807) is 30.3 Å². The van der Waals surface area contributed by atoms with Crippen LogP contribution in [0.25, 0.3) is 11.3 Å². The molecule has 0 saturated carbocycles. The first kappa shape index (κ1) is 19.8. The van der Waals surface area contributed by atoms with Crippen LogP contribution in [0, 0.1) is 5.41 Å². The number of likely N-dealkylation sites (tertiary alicyclic amines) is 1. The van der Waals surface area contributed by atoms with Gasteiger partial charge in [0, 0.05) is 30.8 Å². The summed E-state index contributed by atoms with van der Waals surface area (Å²) in [5.74, 6) is 1.38. The highest BCUT2D eigenvalue weighted by Gasteiger charge is 2.43. The van der Waals surface area contributed by atoms with Gasteiger partial charge in [-0.05, 0) is 26.8 Å². The fourth-order valence-corrected chi connectivity index (χ4v) is 3.09. The number of nitrogen functional groups attached to an aromatic ring is 1. The molecule has 1 amide bonds. The second-order valence-corrected chi connectivity index (χ2v) is 8.34. The zero-order valence-electron chi connectivity index (χ0n) is 16.9. The smallest absolute Gasteiger partial charge is 0.410 e. The molecule has 0 radical (unpaired) electrons. The van der Waals surface area contributed by atoms with Crippen LogP contribution in [0.5, 0.6) is 11.6 Å². The number of anilines is 1.